The Morgan fingerprint density at radius 3 is 2.39 bits per heavy atom. The van der Waals surface area contributed by atoms with Gasteiger partial charge in [0, 0.05) is 18.0 Å². The first-order chi connectivity index (χ1) is 13.8. The lowest BCUT2D eigenvalue weighted by atomic mass is 10.2. The second-order valence-electron chi connectivity index (χ2n) is 6.03. The maximum Gasteiger partial charge on any atom is 0.231 e. The lowest BCUT2D eigenvalue weighted by Gasteiger charge is -2.04. The quantitative estimate of drug-likeness (QED) is 0.512. The van der Waals surface area contributed by atoms with Crippen molar-refractivity contribution in [3.05, 3.63) is 85.1 Å². The summed E-state index contributed by atoms with van der Waals surface area (Å²) >= 11 is 0. The molecule has 0 saturated carbocycles. The third kappa shape index (κ3) is 3.87. The predicted molar refractivity (Wildman–Crippen MR) is 109 cm³/mol. The van der Waals surface area contributed by atoms with E-state index in [2.05, 4.69) is 10.1 Å². The van der Waals surface area contributed by atoms with Crippen LogP contribution in [0.25, 0.3) is 28.1 Å². The molecule has 2 N–H and O–H groups in total. The van der Waals surface area contributed by atoms with E-state index in [1.54, 1.807) is 16.8 Å². The van der Waals surface area contributed by atoms with Crippen molar-refractivity contribution < 1.29 is 9.15 Å². The second-order valence-corrected chi connectivity index (χ2v) is 6.03. The first kappa shape index (κ1) is 17.8. The van der Waals surface area contributed by atoms with Gasteiger partial charge in [0.15, 0.2) is 11.4 Å². The van der Waals surface area contributed by atoms with Crippen molar-refractivity contribution in [3.8, 4) is 17.3 Å². The third-order valence-electron chi connectivity index (χ3n) is 4.05. The van der Waals surface area contributed by atoms with Gasteiger partial charge < -0.3 is 14.9 Å². The molecule has 0 aliphatic carbocycles. The zero-order valence-electron chi connectivity index (χ0n) is 15.2. The molecule has 0 fully saturated rings. The van der Waals surface area contributed by atoms with Crippen molar-refractivity contribution in [2.75, 3.05) is 13.2 Å². The van der Waals surface area contributed by atoms with E-state index < -0.39 is 0 Å². The zero-order chi connectivity index (χ0) is 19.2. The van der Waals surface area contributed by atoms with Gasteiger partial charge in [-0.2, -0.15) is 0 Å². The van der Waals surface area contributed by atoms with Gasteiger partial charge in [0.2, 0.25) is 5.88 Å². The molecule has 0 atom stereocenters. The van der Waals surface area contributed by atoms with Crippen molar-refractivity contribution in [3.63, 3.8) is 0 Å². The number of fused-ring (bicyclic) bond motifs is 2. The van der Waals surface area contributed by atoms with Crippen LogP contribution in [0.1, 0.15) is 0 Å². The van der Waals surface area contributed by atoms with Crippen LogP contribution in [-0.4, -0.2) is 27.7 Å². The molecule has 140 valence electrons. The van der Waals surface area contributed by atoms with Crippen LogP contribution < -0.4 is 10.5 Å². The Balaban J connectivity index is 0.000000275. The molecule has 0 unspecified atom stereocenters. The van der Waals surface area contributed by atoms with Crippen molar-refractivity contribution in [1.29, 1.82) is 0 Å². The molecule has 3 heterocycles. The number of ether oxygens (including phenoxy) is 1. The highest BCUT2D eigenvalue weighted by atomic mass is 16.5. The van der Waals surface area contributed by atoms with Crippen LogP contribution in [0.4, 0.5) is 0 Å². The topological polar surface area (TPSA) is 78.6 Å². The number of hydrogen-bond acceptors (Lipinski definition) is 5. The van der Waals surface area contributed by atoms with Gasteiger partial charge in [0.1, 0.15) is 17.9 Å². The van der Waals surface area contributed by atoms with E-state index in [1.165, 1.54) is 0 Å². The smallest absolute Gasteiger partial charge is 0.231 e. The van der Waals surface area contributed by atoms with Gasteiger partial charge in [-0.25, -0.2) is 9.50 Å². The normalized spacial score (nSPS) is 10.6. The highest BCUT2D eigenvalue weighted by molar-refractivity contribution is 5.82. The van der Waals surface area contributed by atoms with Gasteiger partial charge in [-0.3, -0.25) is 0 Å². The van der Waals surface area contributed by atoms with Crippen molar-refractivity contribution in [2.45, 2.75) is 0 Å². The third-order valence-corrected chi connectivity index (χ3v) is 4.05. The van der Waals surface area contributed by atoms with Crippen molar-refractivity contribution in [2.24, 2.45) is 5.73 Å². The minimum Gasteiger partial charge on any atom is -0.475 e. The van der Waals surface area contributed by atoms with E-state index in [4.69, 9.17) is 14.9 Å². The molecular weight excluding hydrogens is 352 g/mol. The lowest BCUT2D eigenvalue weighted by Crippen LogP contribution is -2.12. The monoisotopic (exact) mass is 372 g/mol. The standard InChI is InChI=1S/C16H14N4O2.C6H6/c17-7-8-21-16-6-5-15-18-10-12(20(15)19-16)14-9-11-3-1-2-4-13(11)22-14;1-2-4-6-5-3-1/h1-6,9-10H,7-8,17H2;1-6H. The summed E-state index contributed by atoms with van der Waals surface area (Å²) in [5.41, 5.74) is 7.80. The Morgan fingerprint density at radius 1 is 0.929 bits per heavy atom. The molecule has 6 nitrogen and oxygen atoms in total. The summed E-state index contributed by atoms with van der Waals surface area (Å²) in [6.07, 6.45) is 1.74. The first-order valence-corrected chi connectivity index (χ1v) is 9.02. The maximum absolute atomic E-state index is 5.88. The first-order valence-electron chi connectivity index (χ1n) is 9.02. The highest BCUT2D eigenvalue weighted by Gasteiger charge is 2.12. The minimum absolute atomic E-state index is 0.424. The van der Waals surface area contributed by atoms with Gasteiger partial charge in [0.25, 0.3) is 0 Å². The van der Waals surface area contributed by atoms with Crippen LogP contribution in [-0.2, 0) is 0 Å². The predicted octanol–water partition coefficient (Wildman–Crippen LogP) is 4.17. The molecule has 28 heavy (non-hydrogen) atoms. The summed E-state index contributed by atoms with van der Waals surface area (Å²) in [4.78, 5) is 4.35. The number of imidazole rings is 1. The number of nitrogens with two attached hydrogens (primary N) is 1. The number of nitrogens with zero attached hydrogens (tertiary/aromatic N) is 3. The van der Waals surface area contributed by atoms with E-state index in [0.717, 1.165) is 28.1 Å². The summed E-state index contributed by atoms with van der Waals surface area (Å²) in [7, 11) is 0. The molecule has 0 saturated heterocycles. The molecule has 0 bridgehead atoms. The Hall–Kier alpha value is -3.64. The van der Waals surface area contributed by atoms with Gasteiger partial charge in [-0.15, -0.1) is 5.10 Å². The maximum atomic E-state index is 5.88. The lowest BCUT2D eigenvalue weighted by molar-refractivity contribution is 0.310. The summed E-state index contributed by atoms with van der Waals surface area (Å²) in [5.74, 6) is 1.23. The summed E-state index contributed by atoms with van der Waals surface area (Å²) in [5, 5.41) is 5.48. The van der Waals surface area contributed by atoms with Crippen molar-refractivity contribution >= 4 is 16.6 Å². The van der Waals surface area contributed by atoms with Gasteiger partial charge in [0.05, 0.1) is 6.20 Å². The van der Waals surface area contributed by atoms with Gasteiger partial charge in [-0.05, 0) is 18.2 Å². The molecule has 0 radical (unpaired) electrons. The Bertz CT molecular complexity index is 1110. The largest absolute Gasteiger partial charge is 0.475 e. The van der Waals surface area contributed by atoms with Crippen LogP contribution in [0.15, 0.2) is 89.5 Å². The van der Waals surface area contributed by atoms with Crippen molar-refractivity contribution in [1.82, 2.24) is 14.6 Å². The van der Waals surface area contributed by atoms with Gasteiger partial charge >= 0.3 is 0 Å². The fourth-order valence-corrected chi connectivity index (χ4v) is 2.76. The summed E-state index contributed by atoms with van der Waals surface area (Å²) in [6, 6.07) is 25.5. The molecule has 5 rings (SSSR count). The minimum atomic E-state index is 0.424. The Labute approximate surface area is 162 Å². The molecular formula is C22H20N4O2. The molecule has 6 heteroatoms. The average Bonchev–Trinajstić information content (AvgIpc) is 3.37. The number of hydrogen-bond donors (Lipinski definition) is 1. The summed E-state index contributed by atoms with van der Waals surface area (Å²) < 4.78 is 13.1. The number of aromatic nitrogens is 3. The molecule has 3 aromatic heterocycles. The molecule has 0 amide bonds. The van der Waals surface area contributed by atoms with Crippen LogP contribution in [0.2, 0.25) is 0 Å². The summed E-state index contributed by atoms with van der Waals surface area (Å²) in [6.45, 7) is 0.868. The Morgan fingerprint density at radius 2 is 1.68 bits per heavy atom. The van der Waals surface area contributed by atoms with Crippen LogP contribution >= 0.6 is 0 Å². The molecule has 0 spiro atoms. The fraction of sp³-hybridized carbons (Fsp3) is 0.0909. The molecule has 0 aliphatic heterocycles. The molecule has 0 aliphatic rings. The van der Waals surface area contributed by atoms with Crippen LogP contribution in [0.3, 0.4) is 0 Å². The molecule has 5 aromatic rings. The Kier molecular flexibility index (Phi) is 5.31. The number of rotatable bonds is 4. The number of benzene rings is 2. The zero-order valence-corrected chi connectivity index (χ0v) is 15.2. The average molecular weight is 372 g/mol. The SMILES string of the molecule is NCCOc1ccc2ncc(-c3cc4ccccc4o3)n2n1.c1ccccc1. The second kappa shape index (κ2) is 8.37. The fourth-order valence-electron chi connectivity index (χ4n) is 2.76. The van der Waals surface area contributed by atoms with E-state index in [1.807, 2.05) is 72.8 Å². The number of furan rings is 1. The number of para-hydroxylation sites is 1. The van der Waals surface area contributed by atoms with E-state index in [9.17, 15) is 0 Å². The molecule has 2 aromatic carbocycles. The van der Waals surface area contributed by atoms with Crippen LogP contribution in [0.5, 0.6) is 5.88 Å². The highest BCUT2D eigenvalue weighted by Crippen LogP contribution is 2.28. The van der Waals surface area contributed by atoms with E-state index in [0.29, 0.717) is 19.0 Å². The van der Waals surface area contributed by atoms with Gasteiger partial charge in [-0.1, -0.05) is 54.6 Å². The van der Waals surface area contributed by atoms with Crippen LogP contribution in [0, 0.1) is 0 Å². The van der Waals surface area contributed by atoms with E-state index in [-0.39, 0.29) is 0 Å². The van der Waals surface area contributed by atoms with E-state index >= 15 is 0 Å².